The first-order valence-electron chi connectivity index (χ1n) is 3.54. The van der Waals surface area contributed by atoms with E-state index in [9.17, 15) is 9.59 Å². The Morgan fingerprint density at radius 3 is 3.09 bits per heavy atom. The van der Waals surface area contributed by atoms with Crippen molar-refractivity contribution >= 4 is 12.4 Å². The second-order valence-corrected chi connectivity index (χ2v) is 2.29. The van der Waals surface area contributed by atoms with Gasteiger partial charge in [-0.1, -0.05) is 0 Å². The van der Waals surface area contributed by atoms with Gasteiger partial charge in [0, 0.05) is 26.2 Å². The third-order valence-corrected chi connectivity index (χ3v) is 1.55. The maximum atomic E-state index is 10.9. The van der Waals surface area contributed by atoms with Crippen LogP contribution in [0.25, 0.3) is 0 Å². The van der Waals surface area contributed by atoms with Gasteiger partial charge in [-0.05, 0) is 0 Å². The van der Waals surface area contributed by atoms with Crippen LogP contribution in [-0.4, -0.2) is 43.5 Å². The Morgan fingerprint density at radius 1 is 1.73 bits per heavy atom. The second-order valence-electron chi connectivity index (χ2n) is 2.29. The monoisotopic (exact) mass is 157 g/mol. The lowest BCUT2D eigenvalue weighted by molar-refractivity contribution is -0.109. The van der Waals surface area contributed by atoms with Gasteiger partial charge in [-0.15, -0.1) is 0 Å². The van der Waals surface area contributed by atoms with Crippen molar-refractivity contribution in [1.82, 2.24) is 15.5 Å². The first-order valence-corrected chi connectivity index (χ1v) is 3.54. The topological polar surface area (TPSA) is 61.4 Å². The van der Waals surface area contributed by atoms with Crippen LogP contribution in [0.2, 0.25) is 0 Å². The molecule has 1 rings (SSSR count). The van der Waals surface area contributed by atoms with Crippen LogP contribution >= 0.6 is 0 Å². The minimum Gasteiger partial charge on any atom is -0.357 e. The Bertz CT molecular complexity index is 160. The molecule has 2 N–H and O–H groups in total. The number of hydrogen-bond acceptors (Lipinski definition) is 2. The van der Waals surface area contributed by atoms with Gasteiger partial charge in [0.05, 0.1) is 0 Å². The Hall–Kier alpha value is -1.26. The molecule has 1 saturated heterocycles. The predicted octanol–water partition coefficient (Wildman–Crippen LogP) is -1.24. The molecule has 0 spiro atoms. The molecule has 0 atom stereocenters. The van der Waals surface area contributed by atoms with Crippen molar-refractivity contribution in [2.75, 3.05) is 26.2 Å². The summed E-state index contributed by atoms with van der Waals surface area (Å²) in [5.74, 6) is 0. The van der Waals surface area contributed by atoms with Crippen molar-refractivity contribution in [2.45, 2.75) is 0 Å². The Morgan fingerprint density at radius 2 is 2.55 bits per heavy atom. The predicted molar refractivity (Wildman–Crippen MR) is 39.0 cm³/mol. The van der Waals surface area contributed by atoms with E-state index in [1.807, 2.05) is 0 Å². The van der Waals surface area contributed by atoms with E-state index in [0.29, 0.717) is 26.0 Å². The highest BCUT2D eigenvalue weighted by molar-refractivity contribution is 5.76. The normalized spacial score (nSPS) is 16.4. The zero-order chi connectivity index (χ0) is 8.10. The van der Waals surface area contributed by atoms with Crippen molar-refractivity contribution in [3.8, 4) is 0 Å². The number of nitrogens with zero attached hydrogens (tertiary/aromatic N) is 1. The van der Waals surface area contributed by atoms with Crippen molar-refractivity contribution in [2.24, 2.45) is 0 Å². The molecule has 1 fully saturated rings. The van der Waals surface area contributed by atoms with E-state index in [1.165, 1.54) is 0 Å². The summed E-state index contributed by atoms with van der Waals surface area (Å²) in [6.45, 7) is 2.56. The van der Waals surface area contributed by atoms with Crippen LogP contribution in [0.4, 0.5) is 4.79 Å². The van der Waals surface area contributed by atoms with Crippen LogP contribution in [0.3, 0.4) is 0 Å². The van der Waals surface area contributed by atoms with Crippen molar-refractivity contribution in [3.05, 3.63) is 0 Å². The molecule has 0 radical (unpaired) electrons. The quantitative estimate of drug-likeness (QED) is 0.396. The van der Waals surface area contributed by atoms with E-state index in [-0.39, 0.29) is 6.03 Å². The Balaban J connectivity index is 2.15. The summed E-state index contributed by atoms with van der Waals surface area (Å²) < 4.78 is 0. The SMILES string of the molecule is O=CNCCN1CCNC1=O. The zero-order valence-electron chi connectivity index (χ0n) is 6.17. The highest BCUT2D eigenvalue weighted by Crippen LogP contribution is 1.93. The summed E-state index contributed by atoms with van der Waals surface area (Å²) >= 11 is 0. The molecule has 3 amide bonds. The number of amides is 3. The minimum atomic E-state index is -0.0438. The van der Waals surface area contributed by atoms with Gasteiger partial charge in [-0.25, -0.2) is 4.79 Å². The second kappa shape index (κ2) is 3.80. The molecule has 0 aromatic rings. The van der Waals surface area contributed by atoms with E-state index < -0.39 is 0 Å². The number of rotatable bonds is 4. The molecule has 0 bridgehead atoms. The summed E-state index contributed by atoms with van der Waals surface area (Å²) in [6.07, 6.45) is 0.633. The summed E-state index contributed by atoms with van der Waals surface area (Å²) in [4.78, 5) is 22.4. The maximum absolute atomic E-state index is 10.9. The van der Waals surface area contributed by atoms with Crippen LogP contribution < -0.4 is 10.6 Å². The fourth-order valence-electron chi connectivity index (χ4n) is 0.983. The van der Waals surface area contributed by atoms with Gasteiger partial charge in [0.15, 0.2) is 0 Å². The van der Waals surface area contributed by atoms with Gasteiger partial charge in [-0.2, -0.15) is 0 Å². The molecule has 1 aliphatic rings. The first-order chi connectivity index (χ1) is 5.34. The Labute approximate surface area is 64.7 Å². The molecule has 62 valence electrons. The van der Waals surface area contributed by atoms with Gasteiger partial charge in [0.25, 0.3) is 0 Å². The summed E-state index contributed by atoms with van der Waals surface area (Å²) in [5, 5.41) is 5.16. The molecular formula is C6H11N3O2. The highest BCUT2D eigenvalue weighted by Gasteiger charge is 2.17. The molecule has 0 aliphatic carbocycles. The van der Waals surface area contributed by atoms with E-state index >= 15 is 0 Å². The molecule has 0 unspecified atom stereocenters. The van der Waals surface area contributed by atoms with Crippen molar-refractivity contribution in [3.63, 3.8) is 0 Å². The van der Waals surface area contributed by atoms with E-state index in [4.69, 9.17) is 0 Å². The fraction of sp³-hybridized carbons (Fsp3) is 0.667. The van der Waals surface area contributed by atoms with E-state index in [0.717, 1.165) is 6.54 Å². The molecule has 5 nitrogen and oxygen atoms in total. The van der Waals surface area contributed by atoms with Crippen molar-refractivity contribution in [1.29, 1.82) is 0 Å². The summed E-state index contributed by atoms with van der Waals surface area (Å²) in [6, 6.07) is -0.0438. The van der Waals surface area contributed by atoms with Crippen molar-refractivity contribution < 1.29 is 9.59 Å². The van der Waals surface area contributed by atoms with Crippen LogP contribution in [0, 0.1) is 0 Å². The molecule has 0 aromatic carbocycles. The molecule has 0 aromatic heterocycles. The first kappa shape index (κ1) is 7.84. The number of nitrogens with one attached hydrogen (secondary N) is 2. The molecule has 0 saturated carbocycles. The summed E-state index contributed by atoms with van der Waals surface area (Å²) in [5.41, 5.74) is 0. The average Bonchev–Trinajstić information content (AvgIpc) is 2.37. The number of hydrogen-bond donors (Lipinski definition) is 2. The van der Waals surface area contributed by atoms with Crippen LogP contribution in [0.15, 0.2) is 0 Å². The van der Waals surface area contributed by atoms with E-state index in [2.05, 4.69) is 10.6 Å². The third-order valence-electron chi connectivity index (χ3n) is 1.55. The molecule has 11 heavy (non-hydrogen) atoms. The van der Waals surface area contributed by atoms with E-state index in [1.54, 1.807) is 4.90 Å². The van der Waals surface area contributed by atoms with Gasteiger partial charge in [0.2, 0.25) is 6.41 Å². The largest absolute Gasteiger partial charge is 0.357 e. The van der Waals surface area contributed by atoms with Crippen LogP contribution in [0.5, 0.6) is 0 Å². The fourth-order valence-corrected chi connectivity index (χ4v) is 0.983. The lowest BCUT2D eigenvalue weighted by atomic mass is 10.5. The molecule has 1 aliphatic heterocycles. The van der Waals surface area contributed by atoms with Crippen LogP contribution in [-0.2, 0) is 4.79 Å². The number of carbonyl (C=O) groups is 2. The molecular weight excluding hydrogens is 146 g/mol. The lowest BCUT2D eigenvalue weighted by Crippen LogP contribution is -2.34. The smallest absolute Gasteiger partial charge is 0.317 e. The number of carbonyl (C=O) groups excluding carboxylic acids is 2. The number of urea groups is 1. The highest BCUT2D eigenvalue weighted by atomic mass is 16.2. The zero-order valence-corrected chi connectivity index (χ0v) is 6.17. The van der Waals surface area contributed by atoms with Crippen LogP contribution in [0.1, 0.15) is 0 Å². The summed E-state index contributed by atoms with van der Waals surface area (Å²) in [7, 11) is 0. The standard InChI is InChI=1S/C6H11N3O2/c10-5-7-1-3-9-4-2-8-6(9)11/h5H,1-4H2,(H,7,10)(H,8,11). The van der Waals surface area contributed by atoms with Gasteiger partial charge in [-0.3, -0.25) is 4.79 Å². The van der Waals surface area contributed by atoms with Gasteiger partial charge < -0.3 is 15.5 Å². The average molecular weight is 157 g/mol. The molecule has 1 heterocycles. The molecule has 5 heteroatoms. The van der Waals surface area contributed by atoms with Gasteiger partial charge in [0.1, 0.15) is 0 Å². The third kappa shape index (κ3) is 2.10. The maximum Gasteiger partial charge on any atom is 0.317 e. The Kier molecular flexibility index (Phi) is 2.71. The lowest BCUT2D eigenvalue weighted by Gasteiger charge is -2.12. The minimum absolute atomic E-state index is 0.0438. The van der Waals surface area contributed by atoms with Gasteiger partial charge >= 0.3 is 6.03 Å².